The Morgan fingerprint density at radius 1 is 1.32 bits per heavy atom. The van der Waals surface area contributed by atoms with Crippen molar-refractivity contribution in [2.45, 2.75) is 37.6 Å². The van der Waals surface area contributed by atoms with Crippen molar-refractivity contribution in [1.82, 2.24) is 9.88 Å². The molecule has 0 radical (unpaired) electrons. The minimum Gasteiger partial charge on any atom is -0.495 e. The molecule has 1 aliphatic rings. The fourth-order valence-corrected chi connectivity index (χ4v) is 3.76. The number of amides is 1. The van der Waals surface area contributed by atoms with Crippen LogP contribution in [0.25, 0.3) is 0 Å². The number of aryl methyl sites for hydroxylation is 2. The molecule has 0 bridgehead atoms. The van der Waals surface area contributed by atoms with Gasteiger partial charge in [0.25, 0.3) is 5.91 Å². The lowest BCUT2D eigenvalue weighted by Crippen LogP contribution is -2.26. The third-order valence-corrected chi connectivity index (χ3v) is 5.41. The van der Waals surface area contributed by atoms with E-state index >= 15 is 0 Å². The van der Waals surface area contributed by atoms with Gasteiger partial charge in [0.15, 0.2) is 0 Å². The maximum absolute atomic E-state index is 12.5. The van der Waals surface area contributed by atoms with Gasteiger partial charge in [0.2, 0.25) is 10.0 Å². The minimum absolute atomic E-state index is 0.00699. The Bertz CT molecular complexity index is 896. The van der Waals surface area contributed by atoms with Crippen LogP contribution in [0.2, 0.25) is 0 Å². The molecule has 1 aromatic carbocycles. The van der Waals surface area contributed by atoms with E-state index in [2.05, 4.69) is 15.2 Å². The summed E-state index contributed by atoms with van der Waals surface area (Å²) >= 11 is 0. The maximum Gasteiger partial charge on any atom is 0.261 e. The van der Waals surface area contributed by atoms with Crippen LogP contribution in [-0.2, 0) is 10.0 Å². The summed E-state index contributed by atoms with van der Waals surface area (Å²) in [5.74, 6) is 0.290. The van der Waals surface area contributed by atoms with Crippen LogP contribution in [0.1, 0.15) is 34.7 Å². The number of methoxy groups -OCH3 is 1. The van der Waals surface area contributed by atoms with Gasteiger partial charge >= 0.3 is 0 Å². The van der Waals surface area contributed by atoms with Gasteiger partial charge in [-0.05, 0) is 44.9 Å². The van der Waals surface area contributed by atoms with E-state index in [0.717, 1.165) is 12.8 Å². The van der Waals surface area contributed by atoms with E-state index in [-0.39, 0.29) is 16.6 Å². The lowest BCUT2D eigenvalue weighted by atomic mass is 10.2. The smallest absolute Gasteiger partial charge is 0.261 e. The highest BCUT2D eigenvalue weighted by Gasteiger charge is 2.28. The zero-order chi connectivity index (χ0) is 18.2. The molecule has 0 atom stereocenters. The van der Waals surface area contributed by atoms with Crippen molar-refractivity contribution < 1.29 is 22.5 Å². The van der Waals surface area contributed by atoms with Gasteiger partial charge in [-0.1, -0.05) is 5.16 Å². The van der Waals surface area contributed by atoms with Crippen LogP contribution in [0.3, 0.4) is 0 Å². The Morgan fingerprint density at radius 2 is 2.04 bits per heavy atom. The van der Waals surface area contributed by atoms with Gasteiger partial charge in [-0.3, -0.25) is 4.79 Å². The summed E-state index contributed by atoms with van der Waals surface area (Å²) in [7, 11) is -2.20. The molecule has 134 valence electrons. The van der Waals surface area contributed by atoms with Crippen molar-refractivity contribution in [1.29, 1.82) is 0 Å². The molecule has 1 heterocycles. The molecule has 1 aliphatic carbocycles. The van der Waals surface area contributed by atoms with E-state index in [1.807, 2.05) is 0 Å². The molecule has 3 rings (SSSR count). The van der Waals surface area contributed by atoms with Gasteiger partial charge in [-0.25, -0.2) is 13.1 Å². The molecule has 2 aromatic rings. The van der Waals surface area contributed by atoms with E-state index in [9.17, 15) is 13.2 Å². The van der Waals surface area contributed by atoms with Crippen molar-refractivity contribution >= 4 is 21.6 Å². The number of ether oxygens (including phenoxy) is 1. The Balaban J connectivity index is 1.91. The summed E-state index contributed by atoms with van der Waals surface area (Å²) in [5, 5.41) is 6.42. The zero-order valence-electron chi connectivity index (χ0n) is 14.1. The number of aromatic nitrogens is 1. The second-order valence-corrected chi connectivity index (χ2v) is 7.62. The molecule has 1 saturated carbocycles. The molecule has 0 spiro atoms. The minimum atomic E-state index is -3.64. The van der Waals surface area contributed by atoms with Crippen molar-refractivity contribution in [3.8, 4) is 5.75 Å². The van der Waals surface area contributed by atoms with Crippen LogP contribution in [0, 0.1) is 13.8 Å². The van der Waals surface area contributed by atoms with E-state index in [4.69, 9.17) is 9.26 Å². The van der Waals surface area contributed by atoms with Crippen LogP contribution < -0.4 is 14.8 Å². The average molecular weight is 365 g/mol. The van der Waals surface area contributed by atoms with Crippen LogP contribution in [0.4, 0.5) is 5.69 Å². The number of anilines is 1. The zero-order valence-corrected chi connectivity index (χ0v) is 14.9. The SMILES string of the molecule is COc1ccc(S(=O)(=O)NC2CC2)cc1NC(=O)c1c(C)noc1C. The summed E-state index contributed by atoms with van der Waals surface area (Å²) in [5.41, 5.74) is 1.02. The summed E-state index contributed by atoms with van der Waals surface area (Å²) in [6.45, 7) is 3.29. The number of benzene rings is 1. The quantitative estimate of drug-likeness (QED) is 0.810. The Morgan fingerprint density at radius 3 is 2.60 bits per heavy atom. The molecule has 0 aliphatic heterocycles. The van der Waals surface area contributed by atoms with Crippen molar-refractivity contribution in [2.24, 2.45) is 0 Å². The maximum atomic E-state index is 12.5. The average Bonchev–Trinajstić information content (AvgIpc) is 3.29. The van der Waals surface area contributed by atoms with Gasteiger partial charge in [0.05, 0.1) is 23.4 Å². The molecule has 0 unspecified atom stereocenters. The van der Waals surface area contributed by atoms with Gasteiger partial charge < -0.3 is 14.6 Å². The fraction of sp³-hybridized carbons (Fsp3) is 0.375. The number of hydrogen-bond acceptors (Lipinski definition) is 6. The first-order valence-electron chi connectivity index (χ1n) is 7.76. The fourth-order valence-electron chi connectivity index (χ4n) is 2.43. The van der Waals surface area contributed by atoms with Crippen LogP contribution in [0.5, 0.6) is 5.75 Å². The molecule has 9 heteroatoms. The third kappa shape index (κ3) is 3.67. The van der Waals surface area contributed by atoms with E-state index in [0.29, 0.717) is 22.8 Å². The van der Waals surface area contributed by atoms with Gasteiger partial charge in [-0.2, -0.15) is 0 Å². The van der Waals surface area contributed by atoms with Crippen LogP contribution in [0.15, 0.2) is 27.6 Å². The molecule has 8 nitrogen and oxygen atoms in total. The standard InChI is InChI=1S/C16H19N3O5S/c1-9-15(10(2)24-18-9)16(20)17-13-8-12(6-7-14(13)23-3)25(21,22)19-11-4-5-11/h6-8,11,19H,4-5H2,1-3H3,(H,17,20). The first-order valence-corrected chi connectivity index (χ1v) is 9.24. The number of nitrogens with zero attached hydrogens (tertiary/aromatic N) is 1. The Labute approximate surface area is 145 Å². The van der Waals surface area contributed by atoms with Gasteiger partial charge in [0, 0.05) is 6.04 Å². The first kappa shape index (κ1) is 17.4. The van der Waals surface area contributed by atoms with Crippen molar-refractivity contribution in [3.05, 3.63) is 35.2 Å². The molecular formula is C16H19N3O5S. The molecule has 25 heavy (non-hydrogen) atoms. The second kappa shape index (κ2) is 6.49. The predicted molar refractivity (Wildman–Crippen MR) is 90.3 cm³/mol. The molecule has 0 saturated heterocycles. The highest BCUT2D eigenvalue weighted by molar-refractivity contribution is 7.89. The van der Waals surface area contributed by atoms with Gasteiger partial charge in [-0.15, -0.1) is 0 Å². The summed E-state index contributed by atoms with van der Waals surface area (Å²) in [4.78, 5) is 12.6. The highest BCUT2D eigenvalue weighted by Crippen LogP contribution is 2.30. The predicted octanol–water partition coefficient (Wildman–Crippen LogP) is 1.99. The second-order valence-electron chi connectivity index (χ2n) is 5.91. The van der Waals surface area contributed by atoms with E-state index in [1.54, 1.807) is 13.8 Å². The van der Waals surface area contributed by atoms with Crippen molar-refractivity contribution in [3.63, 3.8) is 0 Å². The summed E-state index contributed by atoms with van der Waals surface area (Å²) < 4.78 is 37.5. The largest absolute Gasteiger partial charge is 0.495 e. The normalized spacial score (nSPS) is 14.4. The van der Waals surface area contributed by atoms with Gasteiger partial charge in [0.1, 0.15) is 17.1 Å². The summed E-state index contributed by atoms with van der Waals surface area (Å²) in [6.07, 6.45) is 1.68. The first-order chi connectivity index (χ1) is 11.8. The van der Waals surface area contributed by atoms with E-state index in [1.165, 1.54) is 25.3 Å². The van der Waals surface area contributed by atoms with E-state index < -0.39 is 15.9 Å². The Kier molecular flexibility index (Phi) is 4.53. The molecule has 1 aromatic heterocycles. The van der Waals surface area contributed by atoms with Crippen LogP contribution >= 0.6 is 0 Å². The number of nitrogens with one attached hydrogen (secondary N) is 2. The topological polar surface area (TPSA) is 111 Å². The monoisotopic (exact) mass is 365 g/mol. The lowest BCUT2D eigenvalue weighted by Gasteiger charge is -2.13. The summed E-state index contributed by atoms with van der Waals surface area (Å²) in [6, 6.07) is 4.31. The Hall–Kier alpha value is -2.39. The lowest BCUT2D eigenvalue weighted by molar-refractivity contribution is 0.102. The molecule has 1 fully saturated rings. The number of hydrogen-bond donors (Lipinski definition) is 2. The highest BCUT2D eigenvalue weighted by atomic mass is 32.2. The molecule has 2 N–H and O–H groups in total. The third-order valence-electron chi connectivity index (χ3n) is 3.89. The number of rotatable bonds is 6. The molecular weight excluding hydrogens is 346 g/mol. The number of carbonyl (C=O) groups excluding carboxylic acids is 1. The van der Waals surface area contributed by atoms with Crippen LogP contribution in [-0.4, -0.2) is 32.6 Å². The molecule has 1 amide bonds. The van der Waals surface area contributed by atoms with Crippen molar-refractivity contribution in [2.75, 3.05) is 12.4 Å². The number of sulfonamides is 1. The number of carbonyl (C=O) groups is 1.